The van der Waals surface area contributed by atoms with Gasteiger partial charge in [0.25, 0.3) is 0 Å². The van der Waals surface area contributed by atoms with E-state index in [-0.39, 0.29) is 50.6 Å². The SMILES string of the molecule is COc1ccc(-c2nn(-c3ccccc3)cc2CN(CCCCCCN(Cc2cn(-c3ccccc3)nc2-c2ccc(OC)cc2)C(=O)CCC(=O)O)C(=O)CCC(=O)O)cc1. The minimum absolute atomic E-state index is 0.132. The molecule has 6 rings (SSSR count). The lowest BCUT2D eigenvalue weighted by Crippen LogP contribution is -2.32. The van der Waals surface area contributed by atoms with Gasteiger partial charge in [0.05, 0.1) is 49.8 Å². The summed E-state index contributed by atoms with van der Waals surface area (Å²) in [5.74, 6) is -1.21. The number of hydrogen-bond donors (Lipinski definition) is 2. The molecule has 0 saturated carbocycles. The Morgan fingerprint density at radius 1 is 0.516 bits per heavy atom. The third-order valence-electron chi connectivity index (χ3n) is 10.5. The van der Waals surface area contributed by atoms with Crippen LogP contribution in [-0.2, 0) is 32.3 Å². The number of aliphatic carboxylic acids is 2. The first kappa shape index (κ1) is 44.3. The first-order valence-corrected chi connectivity index (χ1v) is 20.7. The van der Waals surface area contributed by atoms with Crippen molar-refractivity contribution in [3.63, 3.8) is 0 Å². The molecule has 2 heterocycles. The van der Waals surface area contributed by atoms with Gasteiger partial charge in [-0.25, -0.2) is 9.36 Å². The number of carbonyl (C=O) groups excluding carboxylic acids is 2. The minimum atomic E-state index is -1.04. The summed E-state index contributed by atoms with van der Waals surface area (Å²) in [6, 6.07) is 34.4. The Kier molecular flexibility index (Phi) is 15.6. The number of para-hydroxylation sites is 2. The predicted molar refractivity (Wildman–Crippen MR) is 234 cm³/mol. The fourth-order valence-corrected chi connectivity index (χ4v) is 7.16. The van der Waals surface area contributed by atoms with Crippen molar-refractivity contribution in [3.05, 3.63) is 133 Å². The molecule has 6 aromatic rings. The van der Waals surface area contributed by atoms with Gasteiger partial charge in [0, 0.05) is 73.7 Å². The van der Waals surface area contributed by atoms with E-state index in [2.05, 4.69) is 0 Å². The molecule has 2 aromatic heterocycles. The third kappa shape index (κ3) is 12.2. The number of ether oxygens (including phenoxy) is 2. The summed E-state index contributed by atoms with van der Waals surface area (Å²) in [6.45, 7) is 1.24. The van der Waals surface area contributed by atoms with Gasteiger partial charge in [-0.1, -0.05) is 49.2 Å². The van der Waals surface area contributed by atoms with Crippen molar-refractivity contribution >= 4 is 23.8 Å². The molecule has 0 saturated heterocycles. The Labute approximate surface area is 360 Å². The third-order valence-corrected chi connectivity index (χ3v) is 10.5. The van der Waals surface area contributed by atoms with Gasteiger partial charge in [0.15, 0.2) is 0 Å². The number of aromatic nitrogens is 4. The molecule has 0 aliphatic rings. The van der Waals surface area contributed by atoms with Crippen LogP contribution >= 0.6 is 0 Å². The van der Waals surface area contributed by atoms with E-state index in [4.69, 9.17) is 19.7 Å². The van der Waals surface area contributed by atoms with E-state index in [9.17, 15) is 29.4 Å². The molecule has 0 aliphatic heterocycles. The van der Waals surface area contributed by atoms with Gasteiger partial charge < -0.3 is 29.5 Å². The molecule has 14 heteroatoms. The van der Waals surface area contributed by atoms with Gasteiger partial charge in [-0.05, 0) is 85.6 Å². The van der Waals surface area contributed by atoms with E-state index in [1.165, 1.54) is 0 Å². The number of methoxy groups -OCH3 is 2. The second-order valence-corrected chi connectivity index (χ2v) is 14.9. The maximum Gasteiger partial charge on any atom is 0.303 e. The van der Waals surface area contributed by atoms with Crippen molar-refractivity contribution in [2.24, 2.45) is 0 Å². The molecule has 2 amide bonds. The maximum absolute atomic E-state index is 13.6. The van der Waals surface area contributed by atoms with Crippen LogP contribution in [-0.4, -0.2) is 90.6 Å². The molecule has 4 aromatic carbocycles. The van der Waals surface area contributed by atoms with Gasteiger partial charge in [-0.15, -0.1) is 0 Å². The summed E-state index contributed by atoms with van der Waals surface area (Å²) in [4.78, 5) is 53.6. The van der Waals surface area contributed by atoms with Crippen molar-refractivity contribution in [1.82, 2.24) is 29.4 Å². The smallest absolute Gasteiger partial charge is 0.303 e. The number of carbonyl (C=O) groups is 4. The Bertz CT molecular complexity index is 2230. The molecule has 0 unspecified atom stereocenters. The van der Waals surface area contributed by atoms with E-state index in [0.29, 0.717) is 48.8 Å². The van der Waals surface area contributed by atoms with Crippen LogP contribution in [0.1, 0.15) is 62.5 Å². The van der Waals surface area contributed by atoms with Crippen molar-refractivity contribution in [2.75, 3.05) is 27.3 Å². The molecule has 0 spiro atoms. The van der Waals surface area contributed by atoms with E-state index >= 15 is 0 Å². The van der Waals surface area contributed by atoms with Crippen LogP contribution in [0.25, 0.3) is 33.9 Å². The molecule has 62 heavy (non-hydrogen) atoms. The highest BCUT2D eigenvalue weighted by atomic mass is 16.5. The van der Waals surface area contributed by atoms with Gasteiger partial charge in [0.2, 0.25) is 11.8 Å². The highest BCUT2D eigenvalue weighted by Gasteiger charge is 2.22. The van der Waals surface area contributed by atoms with Crippen molar-refractivity contribution in [1.29, 1.82) is 0 Å². The normalized spacial score (nSPS) is 10.9. The number of rotatable bonds is 23. The first-order valence-electron chi connectivity index (χ1n) is 20.7. The number of hydrogen-bond acceptors (Lipinski definition) is 8. The van der Waals surface area contributed by atoms with E-state index in [1.54, 1.807) is 33.4 Å². The summed E-state index contributed by atoms with van der Waals surface area (Å²) >= 11 is 0. The van der Waals surface area contributed by atoms with Gasteiger partial charge >= 0.3 is 11.9 Å². The van der Waals surface area contributed by atoms with Gasteiger partial charge in [-0.3, -0.25) is 19.2 Å². The molecular weight excluding hydrogens is 789 g/mol. The number of benzene rings is 4. The molecule has 14 nitrogen and oxygen atoms in total. The minimum Gasteiger partial charge on any atom is -0.497 e. The number of unbranched alkanes of at least 4 members (excludes halogenated alkanes) is 3. The van der Waals surface area contributed by atoms with Crippen LogP contribution in [0.4, 0.5) is 0 Å². The zero-order valence-electron chi connectivity index (χ0n) is 35.1. The molecule has 322 valence electrons. The van der Waals surface area contributed by atoms with Gasteiger partial charge in [0.1, 0.15) is 11.5 Å². The summed E-state index contributed by atoms with van der Waals surface area (Å²) in [6.07, 6.45) is 5.75. The second-order valence-electron chi connectivity index (χ2n) is 14.9. The van der Waals surface area contributed by atoms with Crippen LogP contribution in [0.15, 0.2) is 122 Å². The van der Waals surface area contributed by atoms with Crippen molar-refractivity contribution in [2.45, 2.75) is 64.5 Å². The number of nitrogens with zero attached hydrogens (tertiary/aromatic N) is 6. The Balaban J connectivity index is 1.16. The average Bonchev–Trinajstić information content (AvgIpc) is 3.93. The summed E-state index contributed by atoms with van der Waals surface area (Å²) in [7, 11) is 3.21. The molecule has 0 bridgehead atoms. The van der Waals surface area contributed by atoms with Crippen LogP contribution in [0.2, 0.25) is 0 Å². The molecule has 2 N–H and O–H groups in total. The van der Waals surface area contributed by atoms with Crippen LogP contribution in [0.5, 0.6) is 11.5 Å². The quantitative estimate of drug-likeness (QED) is 0.0602. The lowest BCUT2D eigenvalue weighted by molar-refractivity contribution is -0.141. The molecule has 0 fully saturated rings. The molecular formula is C48H52N6O8. The zero-order valence-corrected chi connectivity index (χ0v) is 35.1. The first-order chi connectivity index (χ1) is 30.1. The summed E-state index contributed by atoms with van der Waals surface area (Å²) in [5.41, 5.74) is 6.42. The molecule has 0 radical (unpaired) electrons. The van der Waals surface area contributed by atoms with Crippen LogP contribution in [0, 0.1) is 0 Å². The monoisotopic (exact) mass is 840 g/mol. The van der Waals surface area contributed by atoms with Crippen LogP contribution < -0.4 is 9.47 Å². The average molecular weight is 841 g/mol. The summed E-state index contributed by atoms with van der Waals surface area (Å²) in [5, 5.41) is 28.6. The number of carboxylic acid groups (broad SMARTS) is 2. The highest BCUT2D eigenvalue weighted by molar-refractivity contribution is 5.82. The largest absolute Gasteiger partial charge is 0.497 e. The van der Waals surface area contributed by atoms with E-state index in [1.807, 2.05) is 122 Å². The lowest BCUT2D eigenvalue weighted by Gasteiger charge is -2.24. The maximum atomic E-state index is 13.6. The van der Waals surface area contributed by atoms with Gasteiger partial charge in [-0.2, -0.15) is 10.2 Å². The lowest BCUT2D eigenvalue weighted by atomic mass is 10.1. The Morgan fingerprint density at radius 3 is 1.23 bits per heavy atom. The predicted octanol–water partition coefficient (Wildman–Crippen LogP) is 8.06. The topological polar surface area (TPSA) is 169 Å². The fraction of sp³-hybridized carbons (Fsp3) is 0.292. The molecule has 0 atom stereocenters. The zero-order chi connectivity index (χ0) is 43.8. The standard InChI is InChI=1S/C48H52N6O8/c1-61-41-21-17-35(18-22-41)47-37(33-53(49-47)39-13-7-5-8-14-39)31-51(43(55)25-27-45(57)58)29-11-3-4-12-30-52(44(56)26-28-46(59)60)32-38-34-54(40-15-9-6-10-16-40)50-48(38)36-19-23-42(62-2)24-20-36/h5-10,13-24,33-34H,3-4,11-12,25-32H2,1-2H3,(H,57,58)(H,59,60). The highest BCUT2D eigenvalue weighted by Crippen LogP contribution is 2.29. The Morgan fingerprint density at radius 2 is 0.887 bits per heavy atom. The van der Waals surface area contributed by atoms with Crippen molar-refractivity contribution in [3.8, 4) is 45.4 Å². The number of carboxylic acids is 2. The van der Waals surface area contributed by atoms with E-state index < -0.39 is 11.9 Å². The van der Waals surface area contributed by atoms with Crippen LogP contribution in [0.3, 0.4) is 0 Å². The second kappa shape index (κ2) is 21.9. The van der Waals surface area contributed by atoms with E-state index in [0.717, 1.165) is 46.5 Å². The molecule has 0 aliphatic carbocycles. The summed E-state index contributed by atoms with van der Waals surface area (Å²) < 4.78 is 14.3. The fourth-order valence-electron chi connectivity index (χ4n) is 7.16. The van der Waals surface area contributed by atoms with Crippen molar-refractivity contribution < 1.29 is 38.9 Å². The Hall–Kier alpha value is -7.22. The number of amides is 2.